The molecule has 0 heterocycles. The third-order valence-electron chi connectivity index (χ3n) is 1.09. The van der Waals surface area contributed by atoms with Gasteiger partial charge in [0.25, 0.3) is 0 Å². The van der Waals surface area contributed by atoms with Crippen molar-refractivity contribution in [2.75, 3.05) is 14.2 Å². The van der Waals surface area contributed by atoms with E-state index < -0.39 is 7.82 Å². The standard InChI is InChI=1S/C6H12ClO4P/c1-4-6(7)5-11-12(8,9-2)10-3/h5H,4H2,1-3H3/b6-5+. The molecule has 0 aliphatic rings. The summed E-state index contributed by atoms with van der Waals surface area (Å²) in [6.07, 6.45) is 1.77. The van der Waals surface area contributed by atoms with Gasteiger partial charge >= 0.3 is 7.82 Å². The van der Waals surface area contributed by atoms with E-state index in [-0.39, 0.29) is 0 Å². The third-order valence-corrected chi connectivity index (χ3v) is 2.71. The first-order valence-corrected chi connectivity index (χ1v) is 5.16. The highest BCUT2D eigenvalue weighted by molar-refractivity contribution is 7.48. The Morgan fingerprint density at radius 1 is 1.50 bits per heavy atom. The summed E-state index contributed by atoms with van der Waals surface area (Å²) in [6.45, 7) is 1.84. The fourth-order valence-electron chi connectivity index (χ4n) is 0.366. The predicted molar refractivity (Wildman–Crippen MR) is 46.9 cm³/mol. The van der Waals surface area contributed by atoms with Crippen LogP contribution in [0.1, 0.15) is 13.3 Å². The van der Waals surface area contributed by atoms with E-state index in [1.54, 1.807) is 0 Å². The summed E-state index contributed by atoms with van der Waals surface area (Å²) in [5.41, 5.74) is 0. The Bertz CT molecular complexity index is 196. The van der Waals surface area contributed by atoms with Crippen LogP contribution < -0.4 is 0 Å². The lowest BCUT2D eigenvalue weighted by Gasteiger charge is -2.10. The number of allylic oxidation sites excluding steroid dienone is 1. The highest BCUT2D eigenvalue weighted by Gasteiger charge is 2.22. The summed E-state index contributed by atoms with van der Waals surface area (Å²) in [7, 11) is -0.941. The molecule has 0 fully saturated rings. The molecule has 0 aromatic heterocycles. The van der Waals surface area contributed by atoms with E-state index in [0.29, 0.717) is 11.5 Å². The smallest absolute Gasteiger partial charge is 0.411 e. The maximum absolute atomic E-state index is 11.2. The summed E-state index contributed by atoms with van der Waals surface area (Å²) in [4.78, 5) is 0. The van der Waals surface area contributed by atoms with Gasteiger partial charge in [0.2, 0.25) is 0 Å². The number of phosphoric ester groups is 1. The summed E-state index contributed by atoms with van der Waals surface area (Å²) < 4.78 is 24.9. The first-order valence-electron chi connectivity index (χ1n) is 3.32. The van der Waals surface area contributed by atoms with Crippen LogP contribution in [0, 0.1) is 0 Å². The molecular weight excluding hydrogens is 202 g/mol. The molecule has 0 unspecified atom stereocenters. The van der Waals surface area contributed by atoms with Crippen LogP contribution in [0.15, 0.2) is 11.3 Å². The molecule has 0 spiro atoms. The molecule has 0 radical (unpaired) electrons. The molecule has 0 aromatic carbocycles. The Hall–Kier alpha value is -0.0200. The van der Waals surface area contributed by atoms with E-state index in [1.807, 2.05) is 6.92 Å². The first-order chi connectivity index (χ1) is 5.58. The van der Waals surface area contributed by atoms with Crippen molar-refractivity contribution in [2.24, 2.45) is 0 Å². The summed E-state index contributed by atoms with van der Waals surface area (Å²) in [6, 6.07) is 0. The van der Waals surface area contributed by atoms with Gasteiger partial charge in [0, 0.05) is 14.2 Å². The van der Waals surface area contributed by atoms with Crippen LogP contribution in [0.5, 0.6) is 0 Å². The molecule has 4 nitrogen and oxygen atoms in total. The number of hydrogen-bond donors (Lipinski definition) is 0. The molecular formula is C6H12ClO4P. The van der Waals surface area contributed by atoms with Gasteiger partial charge in [-0.15, -0.1) is 0 Å². The molecule has 12 heavy (non-hydrogen) atoms. The number of phosphoric acid groups is 1. The highest BCUT2D eigenvalue weighted by atomic mass is 35.5. The molecule has 0 aliphatic carbocycles. The van der Waals surface area contributed by atoms with Gasteiger partial charge in [0.15, 0.2) is 0 Å². The summed E-state index contributed by atoms with van der Waals surface area (Å²) in [5, 5.41) is 0.448. The Labute approximate surface area is 77.1 Å². The van der Waals surface area contributed by atoms with Crippen molar-refractivity contribution in [3.8, 4) is 0 Å². The highest BCUT2D eigenvalue weighted by Crippen LogP contribution is 2.48. The van der Waals surface area contributed by atoms with Crippen LogP contribution in [0.3, 0.4) is 0 Å². The molecule has 0 bridgehead atoms. The number of rotatable bonds is 5. The summed E-state index contributed by atoms with van der Waals surface area (Å²) >= 11 is 5.59. The van der Waals surface area contributed by atoms with E-state index in [4.69, 9.17) is 16.1 Å². The van der Waals surface area contributed by atoms with Gasteiger partial charge in [0.05, 0.1) is 5.03 Å². The molecule has 0 aromatic rings. The van der Waals surface area contributed by atoms with Crippen LogP contribution in [-0.4, -0.2) is 14.2 Å². The molecule has 0 rings (SSSR count). The Morgan fingerprint density at radius 2 is 2.00 bits per heavy atom. The second-order valence-electron chi connectivity index (χ2n) is 1.84. The average Bonchev–Trinajstić information content (AvgIpc) is 2.13. The Balaban J connectivity index is 4.14. The van der Waals surface area contributed by atoms with Crippen molar-refractivity contribution < 1.29 is 18.1 Å². The molecule has 0 N–H and O–H groups in total. The van der Waals surface area contributed by atoms with Crippen LogP contribution in [0.2, 0.25) is 0 Å². The molecule has 0 saturated heterocycles. The van der Waals surface area contributed by atoms with Crippen LogP contribution >= 0.6 is 19.4 Å². The average molecular weight is 215 g/mol. The minimum Gasteiger partial charge on any atom is -0.411 e. The molecule has 0 atom stereocenters. The van der Waals surface area contributed by atoms with E-state index in [2.05, 4.69) is 9.05 Å². The maximum atomic E-state index is 11.2. The lowest BCUT2D eigenvalue weighted by Crippen LogP contribution is -1.89. The minimum atomic E-state index is -3.41. The molecule has 72 valence electrons. The maximum Gasteiger partial charge on any atom is 0.528 e. The Morgan fingerprint density at radius 3 is 2.33 bits per heavy atom. The lowest BCUT2D eigenvalue weighted by atomic mass is 10.5. The fraction of sp³-hybridized carbons (Fsp3) is 0.667. The molecule has 0 amide bonds. The first kappa shape index (κ1) is 12.0. The largest absolute Gasteiger partial charge is 0.528 e. The minimum absolute atomic E-state index is 0.448. The molecule has 6 heteroatoms. The fourth-order valence-corrected chi connectivity index (χ4v) is 1.05. The molecule has 0 saturated carbocycles. The van der Waals surface area contributed by atoms with E-state index in [0.717, 1.165) is 6.26 Å². The van der Waals surface area contributed by atoms with Crippen molar-refractivity contribution in [1.82, 2.24) is 0 Å². The van der Waals surface area contributed by atoms with Gasteiger partial charge < -0.3 is 4.52 Å². The van der Waals surface area contributed by atoms with Crippen molar-refractivity contribution >= 4 is 19.4 Å². The second kappa shape index (κ2) is 5.60. The van der Waals surface area contributed by atoms with E-state index in [9.17, 15) is 4.57 Å². The van der Waals surface area contributed by atoms with E-state index in [1.165, 1.54) is 14.2 Å². The zero-order chi connectivity index (χ0) is 9.61. The van der Waals surface area contributed by atoms with Gasteiger partial charge in [-0.05, 0) is 6.42 Å². The quantitative estimate of drug-likeness (QED) is 0.521. The van der Waals surface area contributed by atoms with Crippen LogP contribution in [0.4, 0.5) is 0 Å². The van der Waals surface area contributed by atoms with Crippen molar-refractivity contribution in [3.63, 3.8) is 0 Å². The van der Waals surface area contributed by atoms with E-state index >= 15 is 0 Å². The number of halogens is 1. The van der Waals surface area contributed by atoms with Gasteiger partial charge in [0.1, 0.15) is 6.26 Å². The van der Waals surface area contributed by atoms with Crippen molar-refractivity contribution in [1.29, 1.82) is 0 Å². The van der Waals surface area contributed by atoms with Crippen LogP contribution in [0.25, 0.3) is 0 Å². The third kappa shape index (κ3) is 4.12. The van der Waals surface area contributed by atoms with Gasteiger partial charge in [-0.3, -0.25) is 9.05 Å². The lowest BCUT2D eigenvalue weighted by molar-refractivity contribution is 0.193. The monoisotopic (exact) mass is 214 g/mol. The number of hydrogen-bond acceptors (Lipinski definition) is 4. The van der Waals surface area contributed by atoms with Crippen molar-refractivity contribution in [2.45, 2.75) is 13.3 Å². The normalized spacial score (nSPS) is 13.2. The SMILES string of the molecule is CC/C(Cl)=C\OP(=O)(OC)OC. The van der Waals surface area contributed by atoms with Gasteiger partial charge in [-0.25, -0.2) is 4.57 Å². The predicted octanol–water partition coefficient (Wildman–Crippen LogP) is 2.89. The zero-order valence-electron chi connectivity index (χ0n) is 7.24. The summed E-state index contributed by atoms with van der Waals surface area (Å²) in [5.74, 6) is 0. The van der Waals surface area contributed by atoms with Crippen LogP contribution in [-0.2, 0) is 18.1 Å². The van der Waals surface area contributed by atoms with Crippen molar-refractivity contribution in [3.05, 3.63) is 11.3 Å². The van der Waals surface area contributed by atoms with Gasteiger partial charge in [-0.1, -0.05) is 18.5 Å². The topological polar surface area (TPSA) is 44.8 Å². The molecule has 0 aliphatic heterocycles. The van der Waals surface area contributed by atoms with Gasteiger partial charge in [-0.2, -0.15) is 0 Å². The second-order valence-corrected chi connectivity index (χ2v) is 4.16. The Kier molecular flexibility index (Phi) is 5.59. The zero-order valence-corrected chi connectivity index (χ0v) is 8.89.